The fourth-order valence-corrected chi connectivity index (χ4v) is 4.17. The summed E-state index contributed by atoms with van der Waals surface area (Å²) in [7, 11) is -2.95. The zero-order valence-electron chi connectivity index (χ0n) is 15.6. The minimum atomic E-state index is -2.95. The maximum Gasteiger partial charge on any atom is 0.335 e. The molecule has 2 unspecified atom stereocenters. The van der Waals surface area contributed by atoms with Crippen molar-refractivity contribution in [1.29, 1.82) is 0 Å². The van der Waals surface area contributed by atoms with Crippen molar-refractivity contribution in [3.63, 3.8) is 0 Å². The average Bonchev–Trinajstić information content (AvgIpc) is 2.64. The number of aromatic carboxylic acids is 1. The lowest BCUT2D eigenvalue weighted by Crippen LogP contribution is -2.53. The summed E-state index contributed by atoms with van der Waals surface area (Å²) < 4.78 is 28.8. The van der Waals surface area contributed by atoms with Gasteiger partial charge in [0.25, 0.3) is 0 Å². The van der Waals surface area contributed by atoms with Crippen LogP contribution in [0.3, 0.4) is 0 Å². The molecule has 0 radical (unpaired) electrons. The predicted octanol–water partition coefficient (Wildman–Crippen LogP) is 1.52. The van der Waals surface area contributed by atoms with Crippen LogP contribution in [0.4, 0.5) is 0 Å². The number of nitrogens with one attached hydrogen (secondary N) is 1. The lowest BCUT2D eigenvalue weighted by atomic mass is 9.99. The smallest absolute Gasteiger partial charge is 0.335 e. The Morgan fingerprint density at radius 1 is 1.33 bits per heavy atom. The molecule has 27 heavy (non-hydrogen) atoms. The Morgan fingerprint density at radius 3 is 2.52 bits per heavy atom. The van der Waals surface area contributed by atoms with Crippen molar-refractivity contribution in [3.8, 4) is 0 Å². The van der Waals surface area contributed by atoms with E-state index in [-0.39, 0.29) is 11.6 Å². The van der Waals surface area contributed by atoms with Crippen LogP contribution in [0, 0.1) is 0 Å². The van der Waals surface area contributed by atoms with Gasteiger partial charge in [0.2, 0.25) is 0 Å². The Bertz CT molecular complexity index is 628. The van der Waals surface area contributed by atoms with Gasteiger partial charge in [0, 0.05) is 25.8 Å². The van der Waals surface area contributed by atoms with Crippen molar-refractivity contribution in [2.75, 3.05) is 26.4 Å². The second-order valence-corrected chi connectivity index (χ2v) is 7.63. The second kappa shape index (κ2) is 10.9. The zero-order chi connectivity index (χ0) is 19.8. The standard InChI is InChI=1S/C18H28NO7P/c1-3-24-18(25-4-2)16(27(22)23)15-10-19-13(11-26-15)9-12-7-5-6-8-14(12)17(20)21/h5-8,13,15-16,18-19,27H,3-4,9-11H2,1-2H3,(H,20,21)(H,22,23)/t13-,15+,16?/m1/s1. The quantitative estimate of drug-likeness (QED) is 0.399. The molecule has 1 aliphatic heterocycles. The molecule has 0 aromatic heterocycles. The molecule has 1 heterocycles. The first-order valence-corrected chi connectivity index (χ1v) is 10.5. The van der Waals surface area contributed by atoms with Gasteiger partial charge in [0.1, 0.15) is 5.66 Å². The van der Waals surface area contributed by atoms with Gasteiger partial charge in [-0.2, -0.15) is 0 Å². The second-order valence-electron chi connectivity index (χ2n) is 6.29. The van der Waals surface area contributed by atoms with E-state index in [9.17, 15) is 19.4 Å². The SMILES string of the molecule is CCOC(OCC)C([C@@H]1CN[C@H](Cc2ccccc2C(=O)O)CO1)[PH](=O)O. The molecular weight excluding hydrogens is 373 g/mol. The summed E-state index contributed by atoms with van der Waals surface area (Å²) in [6.07, 6.45) is -0.822. The summed E-state index contributed by atoms with van der Waals surface area (Å²) in [6.45, 7) is 4.99. The van der Waals surface area contributed by atoms with Crippen LogP contribution in [0.25, 0.3) is 0 Å². The van der Waals surface area contributed by atoms with Crippen LogP contribution in [0.15, 0.2) is 24.3 Å². The number of carboxylic acids is 1. The van der Waals surface area contributed by atoms with Gasteiger partial charge in [-0.1, -0.05) is 18.2 Å². The number of hydrogen-bond donors (Lipinski definition) is 3. The molecule has 152 valence electrons. The topological polar surface area (TPSA) is 114 Å². The van der Waals surface area contributed by atoms with Crippen molar-refractivity contribution in [3.05, 3.63) is 35.4 Å². The highest BCUT2D eigenvalue weighted by Gasteiger charge is 2.38. The Morgan fingerprint density at radius 2 is 2.00 bits per heavy atom. The predicted molar refractivity (Wildman–Crippen MR) is 101 cm³/mol. The molecule has 1 aliphatic rings. The van der Waals surface area contributed by atoms with Crippen LogP contribution in [-0.4, -0.2) is 66.4 Å². The normalized spacial score (nSPS) is 22.5. The molecule has 9 heteroatoms. The van der Waals surface area contributed by atoms with E-state index in [1.807, 2.05) is 0 Å². The summed E-state index contributed by atoms with van der Waals surface area (Å²) in [5.74, 6) is -0.963. The lowest BCUT2D eigenvalue weighted by Gasteiger charge is -2.36. The van der Waals surface area contributed by atoms with Gasteiger partial charge >= 0.3 is 5.97 Å². The number of morpholine rings is 1. The molecule has 0 amide bonds. The molecule has 0 spiro atoms. The van der Waals surface area contributed by atoms with Gasteiger partial charge < -0.3 is 29.5 Å². The maximum atomic E-state index is 11.9. The molecule has 1 aromatic rings. The Hall–Kier alpha value is -1.28. The van der Waals surface area contributed by atoms with Crippen molar-refractivity contribution >= 4 is 14.0 Å². The fraction of sp³-hybridized carbons (Fsp3) is 0.611. The van der Waals surface area contributed by atoms with Crippen LogP contribution in [0.5, 0.6) is 0 Å². The third-order valence-corrected chi connectivity index (χ3v) is 5.69. The molecule has 2 rings (SSSR count). The van der Waals surface area contributed by atoms with Crippen molar-refractivity contribution in [2.45, 2.75) is 44.4 Å². The first kappa shape index (κ1) is 22.0. The molecule has 0 bridgehead atoms. The maximum absolute atomic E-state index is 11.9. The van der Waals surface area contributed by atoms with E-state index in [2.05, 4.69) is 5.32 Å². The summed E-state index contributed by atoms with van der Waals surface area (Å²) >= 11 is 0. The Kier molecular flexibility index (Phi) is 8.89. The first-order chi connectivity index (χ1) is 13.0. The number of ether oxygens (including phenoxy) is 3. The van der Waals surface area contributed by atoms with E-state index in [0.717, 1.165) is 5.56 Å². The monoisotopic (exact) mass is 401 g/mol. The molecule has 1 aromatic carbocycles. The number of hydrogen-bond acceptors (Lipinski definition) is 6. The molecule has 1 fully saturated rings. The highest BCUT2D eigenvalue weighted by Crippen LogP contribution is 2.33. The highest BCUT2D eigenvalue weighted by atomic mass is 31.1. The van der Waals surface area contributed by atoms with Gasteiger partial charge in [-0.25, -0.2) is 4.79 Å². The van der Waals surface area contributed by atoms with E-state index in [1.165, 1.54) is 0 Å². The summed E-state index contributed by atoms with van der Waals surface area (Å²) in [5, 5.41) is 12.6. The van der Waals surface area contributed by atoms with Crippen LogP contribution >= 0.6 is 8.03 Å². The largest absolute Gasteiger partial charge is 0.478 e. The van der Waals surface area contributed by atoms with E-state index >= 15 is 0 Å². The summed E-state index contributed by atoms with van der Waals surface area (Å²) in [6, 6.07) is 6.77. The van der Waals surface area contributed by atoms with Gasteiger partial charge in [-0.05, 0) is 31.9 Å². The zero-order valence-corrected chi connectivity index (χ0v) is 16.6. The molecule has 3 N–H and O–H groups in total. The Labute approximate surface area is 159 Å². The molecule has 0 saturated carbocycles. The third-order valence-electron chi connectivity index (χ3n) is 4.47. The van der Waals surface area contributed by atoms with Crippen molar-refractivity contribution in [2.24, 2.45) is 0 Å². The van der Waals surface area contributed by atoms with Gasteiger partial charge in [-0.15, -0.1) is 0 Å². The number of carboxylic acid groups (broad SMARTS) is 1. The van der Waals surface area contributed by atoms with Crippen molar-refractivity contribution < 1.29 is 33.6 Å². The lowest BCUT2D eigenvalue weighted by molar-refractivity contribution is -0.158. The van der Waals surface area contributed by atoms with Crippen LogP contribution in [0.2, 0.25) is 0 Å². The van der Waals surface area contributed by atoms with Crippen LogP contribution in [-0.2, 0) is 25.2 Å². The van der Waals surface area contributed by atoms with Crippen LogP contribution < -0.4 is 5.32 Å². The number of benzene rings is 1. The molecule has 1 saturated heterocycles. The molecule has 4 atom stereocenters. The fourth-order valence-electron chi connectivity index (χ4n) is 3.21. The van der Waals surface area contributed by atoms with E-state index < -0.39 is 32.1 Å². The summed E-state index contributed by atoms with van der Waals surface area (Å²) in [5.41, 5.74) is 0.223. The Balaban J connectivity index is 2.00. The summed E-state index contributed by atoms with van der Waals surface area (Å²) in [4.78, 5) is 21.1. The van der Waals surface area contributed by atoms with Gasteiger partial charge in [-0.3, -0.25) is 4.57 Å². The minimum absolute atomic E-state index is 0.0824. The van der Waals surface area contributed by atoms with Gasteiger partial charge in [0.05, 0.1) is 18.3 Å². The van der Waals surface area contributed by atoms with Crippen molar-refractivity contribution in [1.82, 2.24) is 5.32 Å². The molecular formula is C18H28NO7P. The van der Waals surface area contributed by atoms with Crippen LogP contribution in [0.1, 0.15) is 29.8 Å². The third kappa shape index (κ3) is 6.10. The molecule has 0 aliphatic carbocycles. The van der Waals surface area contributed by atoms with Gasteiger partial charge in [0.15, 0.2) is 14.3 Å². The van der Waals surface area contributed by atoms with E-state index in [0.29, 0.717) is 32.8 Å². The molecule has 8 nitrogen and oxygen atoms in total. The number of rotatable bonds is 10. The average molecular weight is 401 g/mol. The van der Waals surface area contributed by atoms with E-state index in [1.54, 1.807) is 38.1 Å². The number of carbonyl (C=O) groups is 1. The first-order valence-electron chi connectivity index (χ1n) is 9.10. The minimum Gasteiger partial charge on any atom is -0.478 e. The highest BCUT2D eigenvalue weighted by molar-refractivity contribution is 7.39. The van der Waals surface area contributed by atoms with E-state index in [4.69, 9.17) is 14.2 Å².